The maximum absolute atomic E-state index is 7.10. The first kappa shape index (κ1) is 12.4. The van der Waals surface area contributed by atoms with Crippen molar-refractivity contribution in [3.05, 3.63) is 0 Å². The molecule has 3 nitrogen and oxygen atoms in total. The quantitative estimate of drug-likeness (QED) is 0.468. The van der Waals surface area contributed by atoms with Crippen LogP contribution in [0.3, 0.4) is 0 Å². The smallest absolute Gasteiger partial charge is 0.0918 e. The van der Waals surface area contributed by atoms with Gasteiger partial charge in [0, 0.05) is 19.5 Å². The summed E-state index contributed by atoms with van der Waals surface area (Å²) >= 11 is 0. The number of amidine groups is 1. The van der Waals surface area contributed by atoms with E-state index in [9.17, 15) is 0 Å². The third-order valence-corrected chi connectivity index (χ3v) is 2.17. The van der Waals surface area contributed by atoms with Gasteiger partial charge in [0.25, 0.3) is 0 Å². The molecule has 0 saturated heterocycles. The zero-order valence-electron chi connectivity index (χ0n) is 9.14. The van der Waals surface area contributed by atoms with Gasteiger partial charge in [-0.05, 0) is 19.4 Å². The third-order valence-electron chi connectivity index (χ3n) is 2.17. The van der Waals surface area contributed by atoms with Gasteiger partial charge in [0.05, 0.1) is 5.84 Å². The van der Waals surface area contributed by atoms with Crippen molar-refractivity contribution in [1.82, 2.24) is 4.90 Å². The van der Waals surface area contributed by atoms with Crippen LogP contribution in [0, 0.1) is 11.3 Å². The van der Waals surface area contributed by atoms with Crippen molar-refractivity contribution in [2.75, 3.05) is 20.1 Å². The third kappa shape index (κ3) is 7.78. The fraction of sp³-hybridized carbons (Fsp3) is 0.900. The molecule has 1 unspecified atom stereocenters. The first-order valence-corrected chi connectivity index (χ1v) is 5.07. The van der Waals surface area contributed by atoms with Gasteiger partial charge in [-0.15, -0.1) is 0 Å². The lowest BCUT2D eigenvalue weighted by Crippen LogP contribution is -2.28. The molecule has 0 bridgehead atoms. The van der Waals surface area contributed by atoms with E-state index in [1.165, 1.54) is 12.8 Å². The van der Waals surface area contributed by atoms with Crippen LogP contribution in [-0.4, -0.2) is 30.9 Å². The molecule has 0 amide bonds. The summed E-state index contributed by atoms with van der Waals surface area (Å²) < 4.78 is 0. The molecule has 0 aromatic rings. The molecule has 0 fully saturated rings. The number of hydrogen-bond acceptors (Lipinski definition) is 2. The van der Waals surface area contributed by atoms with E-state index in [1.807, 2.05) is 0 Å². The van der Waals surface area contributed by atoms with Crippen LogP contribution in [0.25, 0.3) is 0 Å². The molecule has 13 heavy (non-hydrogen) atoms. The van der Waals surface area contributed by atoms with E-state index in [1.54, 1.807) is 0 Å². The molecule has 3 N–H and O–H groups in total. The van der Waals surface area contributed by atoms with Gasteiger partial charge in [-0.3, -0.25) is 5.41 Å². The fourth-order valence-corrected chi connectivity index (χ4v) is 1.52. The Hall–Kier alpha value is -0.570. The predicted octanol–water partition coefficient (Wildman–Crippen LogP) is 1.68. The highest BCUT2D eigenvalue weighted by Gasteiger charge is 2.05. The van der Waals surface area contributed by atoms with Gasteiger partial charge in [0.15, 0.2) is 0 Å². The monoisotopic (exact) mass is 185 g/mol. The summed E-state index contributed by atoms with van der Waals surface area (Å²) in [6, 6.07) is 0. The first-order valence-electron chi connectivity index (χ1n) is 5.07. The molecule has 1 atom stereocenters. The van der Waals surface area contributed by atoms with Crippen LogP contribution in [0.5, 0.6) is 0 Å². The molecular weight excluding hydrogens is 162 g/mol. The number of nitrogens with two attached hydrogens (primary N) is 1. The minimum atomic E-state index is 0.287. The Morgan fingerprint density at radius 2 is 2.15 bits per heavy atom. The van der Waals surface area contributed by atoms with Gasteiger partial charge in [-0.25, -0.2) is 0 Å². The highest BCUT2D eigenvalue weighted by Crippen LogP contribution is 2.06. The summed E-state index contributed by atoms with van der Waals surface area (Å²) in [5.41, 5.74) is 5.29. The lowest BCUT2D eigenvalue weighted by molar-refractivity contribution is 0.284. The summed E-state index contributed by atoms with van der Waals surface area (Å²) in [5.74, 6) is 1.04. The van der Waals surface area contributed by atoms with Crippen molar-refractivity contribution in [1.29, 1.82) is 5.41 Å². The average molecular weight is 185 g/mol. The van der Waals surface area contributed by atoms with E-state index in [0.717, 1.165) is 19.0 Å². The Balaban J connectivity index is 3.48. The minimum absolute atomic E-state index is 0.287. The van der Waals surface area contributed by atoms with Gasteiger partial charge in [0.1, 0.15) is 0 Å². The molecule has 0 aromatic carbocycles. The minimum Gasteiger partial charge on any atom is -0.388 e. The van der Waals surface area contributed by atoms with Crippen molar-refractivity contribution in [3.8, 4) is 0 Å². The number of hydrogen-bond donors (Lipinski definition) is 2. The maximum atomic E-state index is 7.10. The second-order valence-electron chi connectivity index (χ2n) is 3.93. The second kappa shape index (κ2) is 6.89. The van der Waals surface area contributed by atoms with Crippen LogP contribution in [0.2, 0.25) is 0 Å². The Kier molecular flexibility index (Phi) is 6.59. The van der Waals surface area contributed by atoms with Crippen molar-refractivity contribution in [2.24, 2.45) is 11.7 Å². The highest BCUT2D eigenvalue weighted by atomic mass is 15.1. The van der Waals surface area contributed by atoms with Crippen molar-refractivity contribution < 1.29 is 0 Å². The van der Waals surface area contributed by atoms with Crippen molar-refractivity contribution in [3.63, 3.8) is 0 Å². The molecule has 0 spiro atoms. The van der Waals surface area contributed by atoms with Crippen LogP contribution in [0.1, 0.15) is 33.1 Å². The van der Waals surface area contributed by atoms with Gasteiger partial charge in [0.2, 0.25) is 0 Å². The molecule has 3 heteroatoms. The highest BCUT2D eigenvalue weighted by molar-refractivity contribution is 5.76. The molecule has 0 saturated carbocycles. The maximum Gasteiger partial charge on any atom is 0.0918 e. The zero-order chi connectivity index (χ0) is 10.3. The Morgan fingerprint density at radius 3 is 2.62 bits per heavy atom. The molecule has 0 heterocycles. The second-order valence-corrected chi connectivity index (χ2v) is 3.93. The molecule has 0 aliphatic carbocycles. The lowest BCUT2D eigenvalue weighted by atomic mass is 10.1. The van der Waals surface area contributed by atoms with Crippen LogP contribution >= 0.6 is 0 Å². The number of rotatable bonds is 7. The van der Waals surface area contributed by atoms with Crippen LogP contribution < -0.4 is 5.73 Å². The SMILES string of the molecule is CCCC(C)CN(C)CCC(=N)N. The average Bonchev–Trinajstić information content (AvgIpc) is 2.01. The molecule has 0 radical (unpaired) electrons. The summed E-state index contributed by atoms with van der Waals surface area (Å²) in [7, 11) is 2.09. The summed E-state index contributed by atoms with van der Waals surface area (Å²) in [6.07, 6.45) is 3.22. The summed E-state index contributed by atoms with van der Waals surface area (Å²) in [6.45, 7) is 6.50. The molecule has 0 aliphatic heterocycles. The van der Waals surface area contributed by atoms with E-state index in [0.29, 0.717) is 6.42 Å². The van der Waals surface area contributed by atoms with Crippen molar-refractivity contribution in [2.45, 2.75) is 33.1 Å². The fourth-order valence-electron chi connectivity index (χ4n) is 1.52. The van der Waals surface area contributed by atoms with E-state index in [2.05, 4.69) is 25.8 Å². The van der Waals surface area contributed by atoms with E-state index >= 15 is 0 Å². The van der Waals surface area contributed by atoms with E-state index in [4.69, 9.17) is 11.1 Å². The van der Waals surface area contributed by atoms with Crippen LogP contribution in [0.15, 0.2) is 0 Å². The largest absolute Gasteiger partial charge is 0.388 e. The molecule has 0 rings (SSSR count). The zero-order valence-corrected chi connectivity index (χ0v) is 9.14. The van der Waals surface area contributed by atoms with Crippen LogP contribution in [0.4, 0.5) is 0 Å². The molecule has 0 aromatic heterocycles. The van der Waals surface area contributed by atoms with E-state index in [-0.39, 0.29) is 5.84 Å². The van der Waals surface area contributed by atoms with E-state index < -0.39 is 0 Å². The molecule has 78 valence electrons. The Labute approximate surface area is 81.8 Å². The predicted molar refractivity (Wildman–Crippen MR) is 58.1 cm³/mol. The Bertz CT molecular complexity index is 145. The van der Waals surface area contributed by atoms with Gasteiger partial charge in [-0.2, -0.15) is 0 Å². The van der Waals surface area contributed by atoms with Crippen LogP contribution in [-0.2, 0) is 0 Å². The Morgan fingerprint density at radius 1 is 1.54 bits per heavy atom. The standard InChI is InChI=1S/C10H23N3/c1-4-5-9(2)8-13(3)7-6-10(11)12/h9H,4-8H2,1-3H3,(H3,11,12). The summed E-state index contributed by atoms with van der Waals surface area (Å²) in [5, 5.41) is 7.10. The van der Waals surface area contributed by atoms with Gasteiger partial charge in [-0.1, -0.05) is 20.3 Å². The lowest BCUT2D eigenvalue weighted by Gasteiger charge is -2.20. The first-order chi connectivity index (χ1) is 6.06. The topological polar surface area (TPSA) is 53.1 Å². The molecule has 0 aliphatic rings. The van der Waals surface area contributed by atoms with Gasteiger partial charge < -0.3 is 10.6 Å². The normalized spacial score (nSPS) is 13.2. The number of nitrogens with zero attached hydrogens (tertiary/aromatic N) is 1. The molecular formula is C10H23N3. The van der Waals surface area contributed by atoms with Gasteiger partial charge >= 0.3 is 0 Å². The van der Waals surface area contributed by atoms with Crippen molar-refractivity contribution >= 4 is 5.84 Å². The summed E-state index contributed by atoms with van der Waals surface area (Å²) in [4.78, 5) is 2.25. The number of nitrogens with one attached hydrogen (secondary N) is 1.